The lowest BCUT2D eigenvalue weighted by Crippen LogP contribution is -2.21. The maximum atomic E-state index is 13.7. The number of halogens is 1. The molecule has 0 unspecified atom stereocenters. The van der Waals surface area contributed by atoms with Crippen molar-refractivity contribution in [3.63, 3.8) is 0 Å². The highest BCUT2D eigenvalue weighted by molar-refractivity contribution is 5.96. The van der Waals surface area contributed by atoms with Crippen LogP contribution in [0, 0.1) is 31.0 Å². The molecular formula is C18H15FN2O3. The fourth-order valence-electron chi connectivity index (χ4n) is 2.02. The SMILES string of the molecule is Cc1ccc(C)c(NC(=O)COC(=O)c2ccc(C#N)cc2F)c1. The number of nitriles is 1. The lowest BCUT2D eigenvalue weighted by atomic mass is 10.1. The second-order valence-corrected chi connectivity index (χ2v) is 5.25. The van der Waals surface area contributed by atoms with E-state index in [2.05, 4.69) is 5.32 Å². The van der Waals surface area contributed by atoms with Gasteiger partial charge in [-0.3, -0.25) is 4.79 Å². The van der Waals surface area contributed by atoms with Crippen molar-refractivity contribution >= 4 is 17.6 Å². The van der Waals surface area contributed by atoms with Crippen molar-refractivity contribution in [3.8, 4) is 6.07 Å². The van der Waals surface area contributed by atoms with E-state index in [1.54, 1.807) is 12.1 Å². The largest absolute Gasteiger partial charge is 0.452 e. The third kappa shape index (κ3) is 4.17. The minimum absolute atomic E-state index is 0.0942. The number of amides is 1. The van der Waals surface area contributed by atoms with E-state index >= 15 is 0 Å². The zero-order valence-corrected chi connectivity index (χ0v) is 13.2. The maximum Gasteiger partial charge on any atom is 0.341 e. The Hall–Kier alpha value is -3.20. The normalized spacial score (nSPS) is 9.92. The summed E-state index contributed by atoms with van der Waals surface area (Å²) in [6.07, 6.45) is 0. The molecule has 5 nitrogen and oxygen atoms in total. The van der Waals surface area contributed by atoms with E-state index < -0.39 is 24.3 Å². The number of benzene rings is 2. The number of hydrogen-bond donors (Lipinski definition) is 1. The molecule has 0 aliphatic heterocycles. The summed E-state index contributed by atoms with van der Waals surface area (Å²) >= 11 is 0. The third-order valence-electron chi connectivity index (χ3n) is 3.32. The Labute approximate surface area is 138 Å². The van der Waals surface area contributed by atoms with Gasteiger partial charge in [0.05, 0.1) is 17.2 Å². The molecule has 24 heavy (non-hydrogen) atoms. The summed E-state index contributed by atoms with van der Waals surface area (Å²) in [5.74, 6) is -2.35. The second kappa shape index (κ2) is 7.38. The van der Waals surface area contributed by atoms with Gasteiger partial charge in [-0.2, -0.15) is 5.26 Å². The minimum atomic E-state index is -0.965. The zero-order valence-electron chi connectivity index (χ0n) is 13.2. The Morgan fingerprint density at radius 3 is 2.62 bits per heavy atom. The van der Waals surface area contributed by atoms with Crippen molar-refractivity contribution in [2.45, 2.75) is 13.8 Å². The molecule has 0 aliphatic carbocycles. The molecule has 2 aromatic carbocycles. The molecule has 0 saturated carbocycles. The number of anilines is 1. The topological polar surface area (TPSA) is 79.2 Å². The lowest BCUT2D eigenvalue weighted by molar-refractivity contribution is -0.119. The Balaban J connectivity index is 1.98. The first-order valence-corrected chi connectivity index (χ1v) is 7.14. The monoisotopic (exact) mass is 326 g/mol. The predicted octanol–water partition coefficient (Wildman–Crippen LogP) is 3.11. The van der Waals surface area contributed by atoms with Crippen LogP contribution in [0.4, 0.5) is 10.1 Å². The average molecular weight is 326 g/mol. The summed E-state index contributed by atoms with van der Waals surface area (Å²) in [5, 5.41) is 11.3. The first-order chi connectivity index (χ1) is 11.4. The fraction of sp³-hybridized carbons (Fsp3) is 0.167. The number of nitrogens with one attached hydrogen (secondary N) is 1. The van der Waals surface area contributed by atoms with Gasteiger partial charge in [-0.25, -0.2) is 9.18 Å². The van der Waals surface area contributed by atoms with Gasteiger partial charge in [0.15, 0.2) is 6.61 Å². The first kappa shape index (κ1) is 17.2. The molecule has 122 valence electrons. The number of rotatable bonds is 4. The molecule has 0 saturated heterocycles. The lowest BCUT2D eigenvalue weighted by Gasteiger charge is -2.10. The average Bonchev–Trinajstić information content (AvgIpc) is 2.55. The molecule has 0 aliphatic rings. The van der Waals surface area contributed by atoms with Crippen LogP contribution in [-0.2, 0) is 9.53 Å². The van der Waals surface area contributed by atoms with E-state index in [-0.39, 0.29) is 11.1 Å². The van der Waals surface area contributed by atoms with Gasteiger partial charge in [-0.05, 0) is 49.2 Å². The number of carbonyl (C=O) groups is 2. The molecule has 2 aromatic rings. The molecule has 2 rings (SSSR count). The second-order valence-electron chi connectivity index (χ2n) is 5.25. The predicted molar refractivity (Wildman–Crippen MR) is 85.9 cm³/mol. The zero-order chi connectivity index (χ0) is 17.7. The van der Waals surface area contributed by atoms with Crippen LogP contribution in [0.25, 0.3) is 0 Å². The first-order valence-electron chi connectivity index (χ1n) is 7.14. The van der Waals surface area contributed by atoms with Gasteiger partial charge in [0.25, 0.3) is 5.91 Å². The van der Waals surface area contributed by atoms with Crippen molar-refractivity contribution in [2.75, 3.05) is 11.9 Å². The molecule has 0 spiro atoms. The Kier molecular flexibility index (Phi) is 5.27. The Bertz CT molecular complexity index is 841. The smallest absolute Gasteiger partial charge is 0.341 e. The summed E-state index contributed by atoms with van der Waals surface area (Å²) in [6, 6.07) is 10.7. The molecule has 0 bridgehead atoms. The minimum Gasteiger partial charge on any atom is -0.452 e. The Morgan fingerprint density at radius 2 is 1.96 bits per heavy atom. The van der Waals surface area contributed by atoms with Crippen molar-refractivity contribution in [1.29, 1.82) is 5.26 Å². The molecular weight excluding hydrogens is 311 g/mol. The third-order valence-corrected chi connectivity index (χ3v) is 3.32. The molecule has 0 fully saturated rings. The molecule has 0 heterocycles. The van der Waals surface area contributed by atoms with Crippen molar-refractivity contribution in [1.82, 2.24) is 0 Å². The van der Waals surface area contributed by atoms with Gasteiger partial charge in [-0.1, -0.05) is 12.1 Å². The molecule has 1 N–H and O–H groups in total. The summed E-state index contributed by atoms with van der Waals surface area (Å²) in [6.45, 7) is 3.20. The van der Waals surface area contributed by atoms with E-state index in [1.165, 1.54) is 6.07 Å². The van der Waals surface area contributed by atoms with Crippen LogP contribution in [-0.4, -0.2) is 18.5 Å². The van der Waals surface area contributed by atoms with Gasteiger partial charge < -0.3 is 10.1 Å². The van der Waals surface area contributed by atoms with Gasteiger partial charge >= 0.3 is 5.97 Å². The summed E-state index contributed by atoms with van der Waals surface area (Å²) < 4.78 is 18.5. The molecule has 0 radical (unpaired) electrons. The van der Waals surface area contributed by atoms with Crippen molar-refractivity contribution in [3.05, 3.63) is 64.5 Å². The molecule has 0 atom stereocenters. The number of nitrogens with zero attached hydrogens (tertiary/aromatic N) is 1. The molecule has 1 amide bonds. The number of aryl methyl sites for hydroxylation is 2. The summed E-state index contributed by atoms with van der Waals surface area (Å²) in [7, 11) is 0. The highest BCUT2D eigenvalue weighted by Crippen LogP contribution is 2.16. The van der Waals surface area contributed by atoms with E-state index in [0.717, 1.165) is 23.3 Å². The fourth-order valence-corrected chi connectivity index (χ4v) is 2.02. The van der Waals surface area contributed by atoms with Gasteiger partial charge in [0.1, 0.15) is 5.82 Å². The van der Waals surface area contributed by atoms with Crippen LogP contribution < -0.4 is 5.32 Å². The van der Waals surface area contributed by atoms with E-state index in [1.807, 2.05) is 26.0 Å². The van der Waals surface area contributed by atoms with E-state index in [0.29, 0.717) is 5.69 Å². The molecule has 0 aromatic heterocycles. The van der Waals surface area contributed by atoms with Crippen LogP contribution in [0.1, 0.15) is 27.0 Å². The van der Waals surface area contributed by atoms with Crippen LogP contribution in [0.2, 0.25) is 0 Å². The number of ether oxygens (including phenoxy) is 1. The summed E-state index contributed by atoms with van der Waals surface area (Å²) in [5.41, 5.74) is 2.25. The number of carbonyl (C=O) groups excluding carboxylic acids is 2. The highest BCUT2D eigenvalue weighted by Gasteiger charge is 2.15. The van der Waals surface area contributed by atoms with Crippen LogP contribution in [0.3, 0.4) is 0 Å². The number of hydrogen-bond acceptors (Lipinski definition) is 4. The summed E-state index contributed by atoms with van der Waals surface area (Å²) in [4.78, 5) is 23.7. The van der Waals surface area contributed by atoms with Crippen molar-refractivity contribution < 1.29 is 18.7 Å². The van der Waals surface area contributed by atoms with Gasteiger partial charge in [-0.15, -0.1) is 0 Å². The van der Waals surface area contributed by atoms with Crippen molar-refractivity contribution in [2.24, 2.45) is 0 Å². The maximum absolute atomic E-state index is 13.7. The van der Waals surface area contributed by atoms with Gasteiger partial charge in [0, 0.05) is 5.69 Å². The number of esters is 1. The Morgan fingerprint density at radius 1 is 1.21 bits per heavy atom. The van der Waals surface area contributed by atoms with Crippen LogP contribution >= 0.6 is 0 Å². The van der Waals surface area contributed by atoms with E-state index in [9.17, 15) is 14.0 Å². The van der Waals surface area contributed by atoms with Crippen LogP contribution in [0.15, 0.2) is 36.4 Å². The van der Waals surface area contributed by atoms with E-state index in [4.69, 9.17) is 10.00 Å². The standard InChI is InChI=1S/C18H15FN2O3/c1-11-3-4-12(2)16(7-11)21-17(22)10-24-18(23)14-6-5-13(9-20)8-15(14)19/h3-8H,10H2,1-2H3,(H,21,22). The van der Waals surface area contributed by atoms with Crippen LogP contribution in [0.5, 0.6) is 0 Å². The quantitative estimate of drug-likeness (QED) is 0.876. The highest BCUT2D eigenvalue weighted by atomic mass is 19.1. The van der Waals surface area contributed by atoms with Gasteiger partial charge in [0.2, 0.25) is 0 Å². The molecule has 6 heteroatoms.